The van der Waals surface area contributed by atoms with Crippen molar-refractivity contribution >= 4 is 43.6 Å². The fourth-order valence-electron chi connectivity index (χ4n) is 5.13. The Balaban J connectivity index is 1.66. The minimum atomic E-state index is -3.26. The molecule has 0 radical (unpaired) electrons. The molecule has 0 aromatic rings. The molecular weight excluding hydrogens is 567 g/mol. The third-order valence-electron chi connectivity index (χ3n) is 7.99. The summed E-state index contributed by atoms with van der Waals surface area (Å²) >= 11 is -3.26. The Labute approximate surface area is 222 Å². The van der Waals surface area contributed by atoms with Gasteiger partial charge in [0.25, 0.3) is 0 Å². The number of amides is 4. The number of piperidine rings is 1. The molecule has 2 saturated heterocycles. The zero-order valence-electron chi connectivity index (χ0n) is 22.0. The zero-order valence-corrected chi connectivity index (χ0v) is 24.9. The molecule has 3 rings (SSSR count). The van der Waals surface area contributed by atoms with Crippen LogP contribution in [0.5, 0.6) is 0 Å². The minimum absolute atomic E-state index is 0.00743. The summed E-state index contributed by atoms with van der Waals surface area (Å²) in [7, 11) is 0. The molecule has 1 aliphatic carbocycles. The molecule has 0 unspecified atom stereocenters. The van der Waals surface area contributed by atoms with Gasteiger partial charge in [0.1, 0.15) is 0 Å². The maximum atomic E-state index is 13.5. The third kappa shape index (κ3) is 6.95. The van der Waals surface area contributed by atoms with Gasteiger partial charge in [0.15, 0.2) is 0 Å². The van der Waals surface area contributed by atoms with Crippen LogP contribution in [0.4, 0.5) is 0 Å². The Bertz CT molecular complexity index is 886. The number of hydrogen-bond donors (Lipinski definition) is 2. The predicted octanol–water partition coefficient (Wildman–Crippen LogP) is 2.30. The van der Waals surface area contributed by atoms with Gasteiger partial charge >= 0.3 is 190 Å². The third-order valence-corrected chi connectivity index (χ3v) is 13.1. The Hall–Kier alpha value is -1.78. The Morgan fingerprint density at radius 3 is 2.33 bits per heavy atom. The second-order valence-electron chi connectivity index (χ2n) is 10.9. The summed E-state index contributed by atoms with van der Waals surface area (Å²) in [5.41, 5.74) is -1.27. The van der Waals surface area contributed by atoms with Gasteiger partial charge in [-0.15, -0.1) is 0 Å². The van der Waals surface area contributed by atoms with E-state index in [1.807, 2.05) is 11.8 Å². The molecule has 2 aliphatic heterocycles. The quantitative estimate of drug-likeness (QED) is 0.276. The number of carbonyl (C=O) groups is 4. The number of nitrogens with zero attached hydrogens (tertiary/aromatic N) is 2. The first-order chi connectivity index (χ1) is 17.1. The van der Waals surface area contributed by atoms with Crippen molar-refractivity contribution in [2.45, 2.75) is 94.1 Å². The van der Waals surface area contributed by atoms with Crippen LogP contribution in [0.2, 0.25) is 3.93 Å². The van der Waals surface area contributed by atoms with Gasteiger partial charge in [0.05, 0.1) is 0 Å². The molecule has 4 atom stereocenters. The van der Waals surface area contributed by atoms with Crippen molar-refractivity contribution in [2.24, 2.45) is 11.8 Å². The molecule has 2 N–H and O–H groups in total. The standard InChI is InChI=1S/C23H38N4O4.C3H5.O.Sn/c1-5-10-17(3)23(4,22(24)31)25-20(29)18-11-9-14-27(18)21(30)16(2)15-19(28)26-12-7-6-8-13-26;1-2-3-1;;/h5,16-18H,1,6-15H2,2-4H3,(H3,24,25,29,31);1H,2-3H2;;/q;;;+1/p-1/t16-,17+,18+,23-;;;/m1.../s1. The average Bonchev–Trinajstić information content (AvgIpc) is 3.60. The summed E-state index contributed by atoms with van der Waals surface area (Å²) < 4.78 is 15.4. The SMILES string of the molecule is C=CC[C@H](C)[C@@](C)(NC(=O)[C@@H]1CCCN1C(=O)[C@H](C)CC(=O)N1CCCCC1)C(=O)[NH][Sn](=[O])[CH]1CC1. The molecule has 10 heteroatoms. The van der Waals surface area contributed by atoms with Gasteiger partial charge in [0, 0.05) is 13.1 Å². The van der Waals surface area contributed by atoms with Crippen LogP contribution in [0, 0.1) is 11.8 Å². The number of allylic oxidation sites excluding steroid dienone is 1. The predicted molar refractivity (Wildman–Crippen MR) is 137 cm³/mol. The molecular formula is C26H42N4O5Sn. The van der Waals surface area contributed by atoms with Gasteiger partial charge in [-0.05, 0) is 19.3 Å². The first kappa shape index (κ1) is 28.8. The van der Waals surface area contributed by atoms with Crippen LogP contribution in [-0.2, 0) is 22.3 Å². The van der Waals surface area contributed by atoms with Gasteiger partial charge < -0.3 is 0 Å². The van der Waals surface area contributed by atoms with Crippen molar-refractivity contribution in [1.82, 2.24) is 18.7 Å². The normalized spacial score (nSPS) is 23.2. The second-order valence-corrected chi connectivity index (χ2v) is 16.1. The molecule has 2 heterocycles. The van der Waals surface area contributed by atoms with E-state index < -0.39 is 43.4 Å². The average molecular weight is 609 g/mol. The van der Waals surface area contributed by atoms with E-state index in [0.717, 1.165) is 45.2 Å². The number of rotatable bonds is 11. The number of nitrogens with one attached hydrogen (secondary N) is 2. The van der Waals surface area contributed by atoms with Gasteiger partial charge in [-0.2, -0.15) is 0 Å². The first-order valence-electron chi connectivity index (χ1n) is 13.4. The maximum absolute atomic E-state index is 13.5. The Morgan fingerprint density at radius 2 is 1.72 bits per heavy atom. The fraction of sp³-hybridized carbons (Fsp3) is 0.769. The number of hydrogen-bond acceptors (Lipinski definition) is 5. The second kappa shape index (κ2) is 12.6. The summed E-state index contributed by atoms with van der Waals surface area (Å²) in [6, 6.07) is -0.693. The van der Waals surface area contributed by atoms with E-state index in [4.69, 9.17) is 0 Å². The van der Waals surface area contributed by atoms with Crippen molar-refractivity contribution in [3.8, 4) is 0 Å². The van der Waals surface area contributed by atoms with E-state index in [0.29, 0.717) is 25.8 Å². The van der Waals surface area contributed by atoms with E-state index in [2.05, 4.69) is 15.4 Å². The van der Waals surface area contributed by atoms with Crippen molar-refractivity contribution in [3.63, 3.8) is 0 Å². The molecule has 0 bridgehead atoms. The Kier molecular flexibility index (Phi) is 10.1. The molecule has 36 heavy (non-hydrogen) atoms. The van der Waals surface area contributed by atoms with E-state index in [9.17, 15) is 22.3 Å². The molecule has 0 spiro atoms. The van der Waals surface area contributed by atoms with E-state index in [1.165, 1.54) is 0 Å². The van der Waals surface area contributed by atoms with Gasteiger partial charge in [-0.25, -0.2) is 0 Å². The zero-order chi connectivity index (χ0) is 26.5. The Morgan fingerprint density at radius 1 is 1.06 bits per heavy atom. The first-order valence-corrected chi connectivity index (χ1v) is 17.7. The van der Waals surface area contributed by atoms with Gasteiger partial charge in [-0.3, -0.25) is 0 Å². The van der Waals surface area contributed by atoms with E-state index in [-0.39, 0.29) is 34.0 Å². The van der Waals surface area contributed by atoms with Crippen molar-refractivity contribution in [3.05, 3.63) is 12.7 Å². The molecule has 200 valence electrons. The van der Waals surface area contributed by atoms with E-state index in [1.54, 1.807) is 24.8 Å². The van der Waals surface area contributed by atoms with Crippen LogP contribution < -0.4 is 8.86 Å². The monoisotopic (exact) mass is 610 g/mol. The molecule has 3 aliphatic rings. The molecule has 0 aromatic heterocycles. The van der Waals surface area contributed by atoms with Crippen LogP contribution in [0.3, 0.4) is 0 Å². The summed E-state index contributed by atoms with van der Waals surface area (Å²) in [5.74, 6) is -1.81. The number of carbonyl (C=O) groups excluding carboxylic acids is 4. The van der Waals surface area contributed by atoms with Crippen LogP contribution in [0.25, 0.3) is 0 Å². The molecule has 4 amide bonds. The molecule has 1 saturated carbocycles. The number of likely N-dealkylation sites (tertiary alicyclic amines) is 2. The van der Waals surface area contributed by atoms with Crippen molar-refractivity contribution < 1.29 is 22.3 Å². The van der Waals surface area contributed by atoms with Crippen LogP contribution in [-0.4, -0.2) is 84.7 Å². The summed E-state index contributed by atoms with van der Waals surface area (Å²) in [4.78, 5) is 56.1. The van der Waals surface area contributed by atoms with Crippen LogP contribution >= 0.6 is 0 Å². The summed E-state index contributed by atoms with van der Waals surface area (Å²) in [5, 5.41) is 2.93. The van der Waals surface area contributed by atoms with Crippen molar-refractivity contribution in [1.29, 1.82) is 0 Å². The van der Waals surface area contributed by atoms with Gasteiger partial charge in [-0.1, -0.05) is 0 Å². The molecule has 0 aromatic carbocycles. The summed E-state index contributed by atoms with van der Waals surface area (Å²) in [6.07, 6.45) is 8.42. The van der Waals surface area contributed by atoms with Crippen LogP contribution in [0.15, 0.2) is 12.7 Å². The van der Waals surface area contributed by atoms with Gasteiger partial charge in [0.2, 0.25) is 0 Å². The topological polar surface area (TPSA) is 116 Å². The molecule has 3 fully saturated rings. The van der Waals surface area contributed by atoms with Crippen molar-refractivity contribution in [2.75, 3.05) is 19.6 Å². The van der Waals surface area contributed by atoms with E-state index >= 15 is 0 Å². The van der Waals surface area contributed by atoms with Crippen LogP contribution in [0.1, 0.15) is 78.6 Å². The molecule has 9 nitrogen and oxygen atoms in total. The summed E-state index contributed by atoms with van der Waals surface area (Å²) in [6.45, 7) is 11.0. The fourth-order valence-corrected chi connectivity index (χ4v) is 9.06.